The van der Waals surface area contributed by atoms with Crippen LogP contribution in [-0.4, -0.2) is 30.9 Å². The molecule has 0 aliphatic heterocycles. The van der Waals surface area contributed by atoms with Crippen LogP contribution in [0.5, 0.6) is 0 Å². The van der Waals surface area contributed by atoms with Gasteiger partial charge in [-0.25, -0.2) is 0 Å². The zero-order chi connectivity index (χ0) is 14.9. The molecule has 4 heteroatoms. The lowest BCUT2D eigenvalue weighted by Crippen LogP contribution is -2.42. The average Bonchev–Trinajstić information content (AvgIpc) is 2.75. The van der Waals surface area contributed by atoms with Crippen LogP contribution in [0.15, 0.2) is 24.3 Å². The van der Waals surface area contributed by atoms with Crippen LogP contribution in [0.25, 0.3) is 10.1 Å². The van der Waals surface area contributed by atoms with Crippen LogP contribution < -0.4 is 5.32 Å². The maximum Gasteiger partial charge on any atom is 0.238 e. The number of nitrogens with zero attached hydrogens (tertiary/aromatic N) is 1. The molecule has 0 radical (unpaired) electrons. The fourth-order valence-corrected chi connectivity index (χ4v) is 3.74. The first-order chi connectivity index (χ1) is 9.41. The zero-order valence-electron chi connectivity index (χ0n) is 12.7. The third-order valence-electron chi connectivity index (χ3n) is 3.59. The molecule has 20 heavy (non-hydrogen) atoms. The van der Waals surface area contributed by atoms with Crippen LogP contribution in [0.2, 0.25) is 0 Å². The molecule has 0 fully saturated rings. The highest BCUT2D eigenvalue weighted by Gasteiger charge is 2.20. The van der Waals surface area contributed by atoms with Gasteiger partial charge in [-0.05, 0) is 37.8 Å². The van der Waals surface area contributed by atoms with Crippen molar-refractivity contribution >= 4 is 27.3 Å². The van der Waals surface area contributed by atoms with Gasteiger partial charge >= 0.3 is 0 Å². The molecule has 0 spiro atoms. The first-order valence-corrected chi connectivity index (χ1v) is 7.68. The minimum Gasteiger partial charge on any atom is -0.347 e. The van der Waals surface area contributed by atoms with E-state index in [0.29, 0.717) is 0 Å². The van der Waals surface area contributed by atoms with Gasteiger partial charge in [-0.1, -0.05) is 18.2 Å². The summed E-state index contributed by atoms with van der Waals surface area (Å²) < 4.78 is 1.31. The van der Waals surface area contributed by atoms with E-state index in [1.165, 1.54) is 20.5 Å². The van der Waals surface area contributed by atoms with Gasteiger partial charge in [0.25, 0.3) is 0 Å². The van der Waals surface area contributed by atoms with Crippen LogP contribution in [0, 0.1) is 6.92 Å². The second kappa shape index (κ2) is 5.94. The van der Waals surface area contributed by atoms with Crippen molar-refractivity contribution in [2.45, 2.75) is 32.9 Å². The highest BCUT2D eigenvalue weighted by molar-refractivity contribution is 7.19. The highest BCUT2D eigenvalue weighted by atomic mass is 32.1. The van der Waals surface area contributed by atoms with Gasteiger partial charge in [0.1, 0.15) is 0 Å². The number of benzene rings is 1. The van der Waals surface area contributed by atoms with E-state index in [9.17, 15) is 4.79 Å². The van der Waals surface area contributed by atoms with Crippen molar-refractivity contribution in [3.05, 3.63) is 34.7 Å². The summed E-state index contributed by atoms with van der Waals surface area (Å²) in [4.78, 5) is 14.9. The zero-order valence-corrected chi connectivity index (χ0v) is 13.5. The molecule has 1 heterocycles. The third kappa shape index (κ3) is 2.86. The van der Waals surface area contributed by atoms with E-state index in [-0.39, 0.29) is 18.0 Å². The summed E-state index contributed by atoms with van der Waals surface area (Å²) >= 11 is 1.81. The Hall–Kier alpha value is -1.39. The lowest BCUT2D eigenvalue weighted by molar-refractivity contribution is -0.130. The van der Waals surface area contributed by atoms with Gasteiger partial charge in [-0.2, -0.15) is 0 Å². The number of aryl methyl sites for hydroxylation is 1. The third-order valence-corrected chi connectivity index (χ3v) is 5.04. The fraction of sp³-hybridized carbons (Fsp3) is 0.438. The predicted molar refractivity (Wildman–Crippen MR) is 86.3 cm³/mol. The van der Waals surface area contributed by atoms with Crippen molar-refractivity contribution < 1.29 is 4.79 Å². The smallest absolute Gasteiger partial charge is 0.238 e. The summed E-state index contributed by atoms with van der Waals surface area (Å²) in [5.41, 5.74) is 1.31. The Morgan fingerprint density at radius 3 is 2.50 bits per heavy atom. The summed E-state index contributed by atoms with van der Waals surface area (Å²) in [6, 6.07) is 8.44. The quantitative estimate of drug-likeness (QED) is 0.936. The second-order valence-electron chi connectivity index (χ2n) is 5.43. The Morgan fingerprint density at radius 2 is 1.90 bits per heavy atom. The molecule has 108 valence electrons. The maximum absolute atomic E-state index is 11.9. The standard InChI is InChI=1S/C16H22N2OS/c1-10-13-8-6-7-9-14(13)20-15(10)11(2)17-12(3)16(19)18(4)5/h6-9,11-12,17H,1-5H3. The molecule has 1 amide bonds. The molecule has 3 nitrogen and oxygen atoms in total. The van der Waals surface area contributed by atoms with Crippen molar-refractivity contribution in [1.82, 2.24) is 10.2 Å². The highest BCUT2D eigenvalue weighted by Crippen LogP contribution is 2.34. The molecule has 1 N–H and O–H groups in total. The molecule has 2 atom stereocenters. The summed E-state index contributed by atoms with van der Waals surface area (Å²) in [6.07, 6.45) is 0. The van der Waals surface area contributed by atoms with E-state index in [4.69, 9.17) is 0 Å². The first-order valence-electron chi connectivity index (χ1n) is 6.87. The first kappa shape index (κ1) is 15.0. The molecule has 1 aromatic heterocycles. The minimum absolute atomic E-state index is 0.107. The molecule has 0 aliphatic carbocycles. The molecule has 1 aromatic carbocycles. The normalized spacial score (nSPS) is 14.2. The number of nitrogens with one attached hydrogen (secondary N) is 1. The number of carbonyl (C=O) groups excluding carboxylic acids is 1. The van der Waals surface area contributed by atoms with E-state index in [0.717, 1.165) is 0 Å². The molecular formula is C16H22N2OS. The fourth-order valence-electron chi connectivity index (χ4n) is 2.52. The predicted octanol–water partition coefficient (Wildman–Crippen LogP) is 3.34. The van der Waals surface area contributed by atoms with Crippen molar-refractivity contribution in [2.24, 2.45) is 0 Å². The van der Waals surface area contributed by atoms with E-state index < -0.39 is 0 Å². The van der Waals surface area contributed by atoms with Crippen LogP contribution in [0.4, 0.5) is 0 Å². The molecule has 0 aliphatic rings. The molecule has 2 rings (SSSR count). The topological polar surface area (TPSA) is 32.3 Å². The Labute approximate surface area is 124 Å². The van der Waals surface area contributed by atoms with Crippen molar-refractivity contribution in [1.29, 1.82) is 0 Å². The van der Waals surface area contributed by atoms with Gasteiger partial charge in [-0.3, -0.25) is 10.1 Å². The maximum atomic E-state index is 11.9. The monoisotopic (exact) mass is 290 g/mol. The van der Waals surface area contributed by atoms with Gasteiger partial charge in [0.05, 0.1) is 6.04 Å². The molecule has 0 saturated carbocycles. The van der Waals surface area contributed by atoms with Gasteiger partial charge in [0, 0.05) is 29.7 Å². The van der Waals surface area contributed by atoms with Crippen molar-refractivity contribution in [3.63, 3.8) is 0 Å². The number of amides is 1. The summed E-state index contributed by atoms with van der Waals surface area (Å²) in [5.74, 6) is 0.107. The average molecular weight is 290 g/mol. The molecule has 2 aromatic rings. The lowest BCUT2D eigenvalue weighted by Gasteiger charge is -2.22. The van der Waals surface area contributed by atoms with Crippen LogP contribution in [0.3, 0.4) is 0 Å². The summed E-state index contributed by atoms with van der Waals surface area (Å²) in [7, 11) is 3.58. The van der Waals surface area contributed by atoms with Crippen LogP contribution in [-0.2, 0) is 4.79 Å². The van der Waals surface area contributed by atoms with Crippen LogP contribution >= 0.6 is 11.3 Å². The second-order valence-corrected chi connectivity index (χ2v) is 6.51. The number of rotatable bonds is 4. The number of hydrogen-bond donors (Lipinski definition) is 1. The molecule has 2 unspecified atom stereocenters. The van der Waals surface area contributed by atoms with Gasteiger partial charge in [0.2, 0.25) is 5.91 Å². The molecule has 0 bridgehead atoms. The number of thiophene rings is 1. The van der Waals surface area contributed by atoms with E-state index >= 15 is 0 Å². The van der Waals surface area contributed by atoms with Gasteiger partial charge in [0.15, 0.2) is 0 Å². The number of likely N-dealkylation sites (N-methyl/N-ethyl adjacent to an activating group) is 1. The van der Waals surface area contributed by atoms with E-state index in [1.54, 1.807) is 30.3 Å². The number of fused-ring (bicyclic) bond motifs is 1. The SMILES string of the molecule is Cc1c(C(C)NC(C)C(=O)N(C)C)sc2ccccc12. The van der Waals surface area contributed by atoms with E-state index in [1.807, 2.05) is 6.92 Å². The Morgan fingerprint density at radius 1 is 1.25 bits per heavy atom. The largest absolute Gasteiger partial charge is 0.347 e. The summed E-state index contributed by atoms with van der Waals surface area (Å²) in [5, 5.41) is 4.71. The Kier molecular flexibility index (Phi) is 4.45. The lowest BCUT2D eigenvalue weighted by atomic mass is 10.1. The molecular weight excluding hydrogens is 268 g/mol. The van der Waals surface area contributed by atoms with Gasteiger partial charge < -0.3 is 4.90 Å². The van der Waals surface area contributed by atoms with Crippen molar-refractivity contribution in [3.8, 4) is 0 Å². The molecule has 0 saturated heterocycles. The summed E-state index contributed by atoms with van der Waals surface area (Å²) in [6.45, 7) is 6.20. The number of carbonyl (C=O) groups is 1. The van der Waals surface area contributed by atoms with Crippen molar-refractivity contribution in [2.75, 3.05) is 14.1 Å². The number of hydrogen-bond acceptors (Lipinski definition) is 3. The van der Waals surface area contributed by atoms with E-state index in [2.05, 4.69) is 43.4 Å². The van der Waals surface area contributed by atoms with Gasteiger partial charge in [-0.15, -0.1) is 11.3 Å². The van der Waals surface area contributed by atoms with Crippen LogP contribution in [0.1, 0.15) is 30.3 Å². The minimum atomic E-state index is -0.176. The Bertz CT molecular complexity index is 618. The Balaban J connectivity index is 2.21.